The van der Waals surface area contributed by atoms with Gasteiger partial charge in [-0.3, -0.25) is 0 Å². The van der Waals surface area contributed by atoms with Gasteiger partial charge in [-0.25, -0.2) is 0 Å². The Kier molecular flexibility index (Phi) is 2.62. The maximum Gasteiger partial charge on any atom is 0.160 e. The highest BCUT2D eigenvalue weighted by Crippen LogP contribution is 2.19. The number of ether oxygens (including phenoxy) is 2. The third-order valence-corrected chi connectivity index (χ3v) is 1.63. The Labute approximate surface area is 59.4 Å². The first-order chi connectivity index (χ1) is 4.77. The molecule has 1 unspecified atom stereocenters. The van der Waals surface area contributed by atoms with Crippen LogP contribution in [0.1, 0.15) is 6.42 Å². The van der Waals surface area contributed by atoms with E-state index in [9.17, 15) is 0 Å². The topological polar surface area (TPSA) is 58.9 Å². The second kappa shape index (κ2) is 3.30. The van der Waals surface area contributed by atoms with Gasteiger partial charge in [0.25, 0.3) is 0 Å². The largest absolute Gasteiger partial charge is 0.394 e. The fourth-order valence-corrected chi connectivity index (χ4v) is 1.01. The predicted octanol–water partition coefficient (Wildman–Crippen LogP) is -0.899. The normalized spacial score (nSPS) is 40.5. The van der Waals surface area contributed by atoms with Gasteiger partial charge >= 0.3 is 0 Å². The molecule has 1 aliphatic heterocycles. The van der Waals surface area contributed by atoms with Crippen LogP contribution in [-0.4, -0.2) is 42.4 Å². The fourth-order valence-electron chi connectivity index (χ4n) is 1.01. The average Bonchev–Trinajstić information content (AvgIpc) is 2.30. The van der Waals surface area contributed by atoms with Crippen LogP contribution < -0.4 is 0 Å². The molecule has 2 N–H and O–H groups in total. The lowest BCUT2D eigenvalue weighted by Crippen LogP contribution is -2.24. The standard InChI is InChI=1S/C6H12O4/c1-9-6-2-4(8)5(3-7)10-6/h4-8H,2-3H2,1H3/t4?,5-,6+/m1/s1. The molecule has 4 heteroatoms. The first kappa shape index (κ1) is 7.94. The average molecular weight is 148 g/mol. The maximum absolute atomic E-state index is 9.13. The first-order valence-electron chi connectivity index (χ1n) is 3.25. The number of methoxy groups -OCH3 is 1. The van der Waals surface area contributed by atoms with E-state index in [2.05, 4.69) is 0 Å². The second-order valence-electron chi connectivity index (χ2n) is 2.33. The molecule has 0 aromatic rings. The summed E-state index contributed by atoms with van der Waals surface area (Å²) < 4.78 is 9.87. The molecule has 1 saturated heterocycles. The van der Waals surface area contributed by atoms with Gasteiger partial charge < -0.3 is 19.7 Å². The van der Waals surface area contributed by atoms with Gasteiger partial charge in [0, 0.05) is 13.5 Å². The van der Waals surface area contributed by atoms with Crippen molar-refractivity contribution in [1.82, 2.24) is 0 Å². The monoisotopic (exact) mass is 148 g/mol. The molecule has 1 aliphatic rings. The van der Waals surface area contributed by atoms with E-state index in [0.717, 1.165) is 0 Å². The molecule has 0 bridgehead atoms. The summed E-state index contributed by atoms with van der Waals surface area (Å²) in [7, 11) is 1.51. The van der Waals surface area contributed by atoms with Crippen LogP contribution in [0.5, 0.6) is 0 Å². The fraction of sp³-hybridized carbons (Fsp3) is 1.00. The van der Waals surface area contributed by atoms with E-state index in [-0.39, 0.29) is 12.9 Å². The highest BCUT2D eigenvalue weighted by Gasteiger charge is 2.32. The number of hydrogen-bond acceptors (Lipinski definition) is 4. The number of rotatable bonds is 2. The molecule has 1 rings (SSSR count). The Bertz CT molecular complexity index is 106. The van der Waals surface area contributed by atoms with Crippen LogP contribution in [0.4, 0.5) is 0 Å². The molecular weight excluding hydrogens is 136 g/mol. The summed E-state index contributed by atoms with van der Waals surface area (Å²) in [6.45, 7) is -0.152. The number of aliphatic hydroxyl groups is 2. The Balaban J connectivity index is 2.36. The third-order valence-electron chi connectivity index (χ3n) is 1.63. The molecular formula is C6H12O4. The van der Waals surface area contributed by atoms with Gasteiger partial charge in [0.15, 0.2) is 6.29 Å². The molecule has 1 heterocycles. The Morgan fingerprint density at radius 1 is 1.70 bits per heavy atom. The summed E-state index contributed by atoms with van der Waals surface area (Å²) in [5.74, 6) is 0. The summed E-state index contributed by atoms with van der Waals surface area (Å²) in [6.07, 6.45) is -0.964. The van der Waals surface area contributed by atoms with E-state index in [1.807, 2.05) is 0 Å². The summed E-state index contributed by atoms with van der Waals surface area (Å²) >= 11 is 0. The SMILES string of the molecule is CO[C@@H]1CC(O)[C@@H](CO)O1. The van der Waals surface area contributed by atoms with E-state index in [1.165, 1.54) is 7.11 Å². The minimum absolute atomic E-state index is 0.152. The molecule has 3 atom stereocenters. The third kappa shape index (κ3) is 1.46. The van der Waals surface area contributed by atoms with Crippen molar-refractivity contribution >= 4 is 0 Å². The quantitative estimate of drug-likeness (QED) is 0.533. The van der Waals surface area contributed by atoms with E-state index in [1.54, 1.807) is 0 Å². The summed E-state index contributed by atoms with van der Waals surface area (Å²) in [4.78, 5) is 0. The molecule has 0 amide bonds. The van der Waals surface area contributed by atoms with Gasteiger partial charge in [0.2, 0.25) is 0 Å². The van der Waals surface area contributed by atoms with Gasteiger partial charge in [-0.05, 0) is 0 Å². The van der Waals surface area contributed by atoms with Crippen molar-refractivity contribution in [1.29, 1.82) is 0 Å². The lowest BCUT2D eigenvalue weighted by Gasteiger charge is -2.09. The molecule has 0 aromatic carbocycles. The molecule has 0 radical (unpaired) electrons. The van der Waals surface area contributed by atoms with Gasteiger partial charge in [0.1, 0.15) is 6.10 Å². The lowest BCUT2D eigenvalue weighted by atomic mass is 10.2. The Morgan fingerprint density at radius 3 is 2.70 bits per heavy atom. The van der Waals surface area contributed by atoms with Gasteiger partial charge in [-0.1, -0.05) is 0 Å². The van der Waals surface area contributed by atoms with Crippen LogP contribution in [-0.2, 0) is 9.47 Å². The van der Waals surface area contributed by atoms with Crippen LogP contribution in [0, 0.1) is 0 Å². The summed E-state index contributed by atoms with van der Waals surface area (Å²) in [5, 5.41) is 17.7. The molecule has 60 valence electrons. The summed E-state index contributed by atoms with van der Waals surface area (Å²) in [5.41, 5.74) is 0. The van der Waals surface area contributed by atoms with Crippen LogP contribution in [0.2, 0.25) is 0 Å². The predicted molar refractivity (Wildman–Crippen MR) is 33.4 cm³/mol. The van der Waals surface area contributed by atoms with Gasteiger partial charge in [-0.2, -0.15) is 0 Å². The highest BCUT2D eigenvalue weighted by atomic mass is 16.7. The molecule has 0 saturated carbocycles. The molecule has 0 aliphatic carbocycles. The van der Waals surface area contributed by atoms with Crippen molar-refractivity contribution in [3.8, 4) is 0 Å². The van der Waals surface area contributed by atoms with E-state index >= 15 is 0 Å². The van der Waals surface area contributed by atoms with Crippen molar-refractivity contribution in [2.75, 3.05) is 13.7 Å². The minimum atomic E-state index is -0.588. The smallest absolute Gasteiger partial charge is 0.160 e. The van der Waals surface area contributed by atoms with Crippen molar-refractivity contribution in [2.24, 2.45) is 0 Å². The maximum atomic E-state index is 9.13. The molecule has 4 nitrogen and oxygen atoms in total. The van der Waals surface area contributed by atoms with Crippen LogP contribution in [0.25, 0.3) is 0 Å². The molecule has 1 fully saturated rings. The molecule has 0 aromatic heterocycles. The Morgan fingerprint density at radius 2 is 2.40 bits per heavy atom. The summed E-state index contributed by atoms with van der Waals surface area (Å²) in [6, 6.07) is 0. The number of aliphatic hydroxyl groups excluding tert-OH is 2. The van der Waals surface area contributed by atoms with Crippen molar-refractivity contribution in [3.63, 3.8) is 0 Å². The van der Waals surface area contributed by atoms with Crippen LogP contribution in [0.15, 0.2) is 0 Å². The van der Waals surface area contributed by atoms with E-state index < -0.39 is 12.2 Å². The van der Waals surface area contributed by atoms with Crippen LogP contribution in [0.3, 0.4) is 0 Å². The van der Waals surface area contributed by atoms with Gasteiger partial charge in [-0.15, -0.1) is 0 Å². The second-order valence-corrected chi connectivity index (χ2v) is 2.33. The van der Waals surface area contributed by atoms with Crippen molar-refractivity contribution in [2.45, 2.75) is 24.9 Å². The number of hydrogen-bond donors (Lipinski definition) is 2. The minimum Gasteiger partial charge on any atom is -0.394 e. The van der Waals surface area contributed by atoms with Crippen LogP contribution >= 0.6 is 0 Å². The van der Waals surface area contributed by atoms with Gasteiger partial charge in [0.05, 0.1) is 12.7 Å². The lowest BCUT2D eigenvalue weighted by molar-refractivity contribution is -0.127. The zero-order valence-corrected chi connectivity index (χ0v) is 5.86. The zero-order valence-electron chi connectivity index (χ0n) is 5.86. The molecule has 0 spiro atoms. The highest BCUT2D eigenvalue weighted by molar-refractivity contribution is 4.76. The Hall–Kier alpha value is -0.160. The van der Waals surface area contributed by atoms with Crippen molar-refractivity contribution in [3.05, 3.63) is 0 Å². The van der Waals surface area contributed by atoms with E-state index in [4.69, 9.17) is 19.7 Å². The first-order valence-corrected chi connectivity index (χ1v) is 3.25. The molecule has 10 heavy (non-hydrogen) atoms. The van der Waals surface area contributed by atoms with E-state index in [0.29, 0.717) is 6.42 Å². The zero-order chi connectivity index (χ0) is 7.56. The van der Waals surface area contributed by atoms with Crippen molar-refractivity contribution < 1.29 is 19.7 Å².